The van der Waals surface area contributed by atoms with E-state index in [4.69, 9.17) is 5.26 Å². The normalized spacial score (nSPS) is 14.6. The molecule has 2 rings (SSSR count). The molecule has 1 fully saturated rings. The van der Waals surface area contributed by atoms with Gasteiger partial charge in [0.25, 0.3) is 0 Å². The number of amides is 2. The van der Waals surface area contributed by atoms with Gasteiger partial charge in [0.05, 0.1) is 11.3 Å². The molecule has 1 heterocycles. The first-order chi connectivity index (χ1) is 9.22. The summed E-state index contributed by atoms with van der Waals surface area (Å²) in [5.74, 6) is -1.26. The fourth-order valence-corrected chi connectivity index (χ4v) is 1.88. The van der Waals surface area contributed by atoms with Crippen molar-refractivity contribution in [1.82, 2.24) is 10.2 Å². The second-order valence-corrected chi connectivity index (χ2v) is 4.15. The fraction of sp³-hybridized carbons (Fsp3) is 0.308. The highest BCUT2D eigenvalue weighted by Crippen LogP contribution is 2.13. The summed E-state index contributed by atoms with van der Waals surface area (Å²) in [4.78, 5) is 25.3. The molecule has 0 saturated carbocycles. The van der Waals surface area contributed by atoms with Crippen molar-refractivity contribution in [2.24, 2.45) is 0 Å². The molecule has 1 aromatic carbocycles. The maximum atomic E-state index is 11.9. The predicted octanol–water partition coefficient (Wildman–Crippen LogP) is -0.0714. The van der Waals surface area contributed by atoms with Gasteiger partial charge in [0, 0.05) is 26.2 Å². The van der Waals surface area contributed by atoms with Gasteiger partial charge < -0.3 is 15.5 Å². The van der Waals surface area contributed by atoms with Gasteiger partial charge in [0.2, 0.25) is 0 Å². The zero-order chi connectivity index (χ0) is 13.7. The quantitative estimate of drug-likeness (QED) is 0.690. The van der Waals surface area contributed by atoms with E-state index in [2.05, 4.69) is 10.6 Å². The number of carbonyl (C=O) groups is 2. The predicted molar refractivity (Wildman–Crippen MR) is 69.2 cm³/mol. The molecular formula is C13H14N4O2. The molecule has 0 unspecified atom stereocenters. The molecule has 98 valence electrons. The van der Waals surface area contributed by atoms with Crippen molar-refractivity contribution in [3.63, 3.8) is 0 Å². The van der Waals surface area contributed by atoms with Gasteiger partial charge in [-0.25, -0.2) is 0 Å². The lowest BCUT2D eigenvalue weighted by Crippen LogP contribution is -2.49. The van der Waals surface area contributed by atoms with Crippen LogP contribution in [0.3, 0.4) is 0 Å². The Labute approximate surface area is 111 Å². The summed E-state index contributed by atoms with van der Waals surface area (Å²) in [6.45, 7) is 2.42. The summed E-state index contributed by atoms with van der Waals surface area (Å²) >= 11 is 0. The standard InChI is InChI=1S/C13H14N4O2/c14-9-10-3-1-2-4-11(10)16-12(18)13(19)17-7-5-15-6-8-17/h1-4,15H,5-8H2,(H,16,18). The van der Waals surface area contributed by atoms with Crippen LogP contribution < -0.4 is 10.6 Å². The minimum atomic E-state index is -0.704. The van der Waals surface area contributed by atoms with Crippen LogP contribution in [0.4, 0.5) is 5.69 Å². The third kappa shape index (κ3) is 3.09. The molecule has 0 bridgehead atoms. The molecule has 0 radical (unpaired) electrons. The van der Waals surface area contributed by atoms with Gasteiger partial charge in [0.15, 0.2) is 0 Å². The third-order valence-corrected chi connectivity index (χ3v) is 2.89. The summed E-state index contributed by atoms with van der Waals surface area (Å²) in [6, 6.07) is 8.56. The molecule has 0 aromatic heterocycles. The van der Waals surface area contributed by atoms with Crippen molar-refractivity contribution in [2.75, 3.05) is 31.5 Å². The van der Waals surface area contributed by atoms with E-state index in [1.54, 1.807) is 24.3 Å². The van der Waals surface area contributed by atoms with E-state index < -0.39 is 11.8 Å². The second kappa shape index (κ2) is 5.98. The average Bonchev–Trinajstić information content (AvgIpc) is 2.48. The zero-order valence-electron chi connectivity index (χ0n) is 10.3. The molecular weight excluding hydrogens is 244 g/mol. The second-order valence-electron chi connectivity index (χ2n) is 4.15. The Morgan fingerprint density at radius 2 is 1.95 bits per heavy atom. The lowest BCUT2D eigenvalue weighted by Gasteiger charge is -2.26. The first-order valence-corrected chi connectivity index (χ1v) is 6.02. The lowest BCUT2D eigenvalue weighted by atomic mass is 10.2. The average molecular weight is 258 g/mol. The van der Waals surface area contributed by atoms with E-state index in [1.165, 1.54) is 4.90 Å². The summed E-state index contributed by atoms with van der Waals surface area (Å²) in [5.41, 5.74) is 0.697. The van der Waals surface area contributed by atoms with E-state index in [9.17, 15) is 9.59 Å². The summed E-state index contributed by atoms with van der Waals surface area (Å²) in [6.07, 6.45) is 0. The zero-order valence-corrected chi connectivity index (χ0v) is 10.3. The van der Waals surface area contributed by atoms with Gasteiger partial charge >= 0.3 is 11.8 Å². The van der Waals surface area contributed by atoms with Crippen LogP contribution in [0.15, 0.2) is 24.3 Å². The molecule has 1 aromatic rings. The molecule has 2 N–H and O–H groups in total. The smallest absolute Gasteiger partial charge is 0.313 e. The number of nitrogens with zero attached hydrogens (tertiary/aromatic N) is 2. The van der Waals surface area contributed by atoms with Crippen LogP contribution in [-0.2, 0) is 9.59 Å². The van der Waals surface area contributed by atoms with Gasteiger partial charge in [-0.3, -0.25) is 9.59 Å². The summed E-state index contributed by atoms with van der Waals surface area (Å²) in [5, 5.41) is 14.5. The van der Waals surface area contributed by atoms with Crippen molar-refractivity contribution >= 4 is 17.5 Å². The van der Waals surface area contributed by atoms with E-state index in [0.29, 0.717) is 37.4 Å². The number of anilines is 1. The third-order valence-electron chi connectivity index (χ3n) is 2.89. The van der Waals surface area contributed by atoms with Crippen molar-refractivity contribution in [2.45, 2.75) is 0 Å². The number of piperazine rings is 1. The highest BCUT2D eigenvalue weighted by Gasteiger charge is 2.23. The van der Waals surface area contributed by atoms with Crippen LogP contribution in [0.25, 0.3) is 0 Å². The Morgan fingerprint density at radius 1 is 1.26 bits per heavy atom. The molecule has 1 saturated heterocycles. The number of rotatable bonds is 1. The van der Waals surface area contributed by atoms with Crippen LogP contribution in [0, 0.1) is 11.3 Å². The van der Waals surface area contributed by atoms with Crippen LogP contribution in [0.1, 0.15) is 5.56 Å². The van der Waals surface area contributed by atoms with Crippen LogP contribution in [0.2, 0.25) is 0 Å². The van der Waals surface area contributed by atoms with Gasteiger partial charge in [-0.1, -0.05) is 12.1 Å². The highest BCUT2D eigenvalue weighted by molar-refractivity contribution is 6.39. The molecule has 0 atom stereocenters. The van der Waals surface area contributed by atoms with Gasteiger partial charge in [-0.2, -0.15) is 5.26 Å². The van der Waals surface area contributed by atoms with E-state index in [0.717, 1.165) is 0 Å². The Bertz CT molecular complexity index is 530. The van der Waals surface area contributed by atoms with Gasteiger partial charge in [-0.05, 0) is 12.1 Å². The van der Waals surface area contributed by atoms with Crippen molar-refractivity contribution in [1.29, 1.82) is 5.26 Å². The molecule has 1 aliphatic rings. The Kier molecular flexibility index (Phi) is 4.11. The molecule has 0 aliphatic carbocycles. The molecule has 6 heteroatoms. The minimum absolute atomic E-state index is 0.337. The number of hydrogen-bond acceptors (Lipinski definition) is 4. The van der Waals surface area contributed by atoms with Crippen molar-refractivity contribution in [3.05, 3.63) is 29.8 Å². The molecule has 0 spiro atoms. The molecule has 2 amide bonds. The van der Waals surface area contributed by atoms with Crippen molar-refractivity contribution in [3.8, 4) is 6.07 Å². The molecule has 6 nitrogen and oxygen atoms in total. The Hall–Kier alpha value is -2.39. The van der Waals surface area contributed by atoms with Gasteiger partial charge in [-0.15, -0.1) is 0 Å². The van der Waals surface area contributed by atoms with Gasteiger partial charge in [0.1, 0.15) is 6.07 Å². The first-order valence-electron chi connectivity index (χ1n) is 6.02. The maximum absolute atomic E-state index is 11.9. The first kappa shape index (κ1) is 13.1. The topological polar surface area (TPSA) is 85.2 Å². The van der Waals surface area contributed by atoms with Crippen LogP contribution in [-0.4, -0.2) is 42.9 Å². The Balaban J connectivity index is 2.04. The molecule has 1 aliphatic heterocycles. The largest absolute Gasteiger partial charge is 0.332 e. The van der Waals surface area contributed by atoms with Crippen LogP contribution >= 0.6 is 0 Å². The monoisotopic (exact) mass is 258 g/mol. The lowest BCUT2D eigenvalue weighted by molar-refractivity contribution is -0.143. The maximum Gasteiger partial charge on any atom is 0.313 e. The number of hydrogen-bond donors (Lipinski definition) is 2. The van der Waals surface area contributed by atoms with E-state index in [-0.39, 0.29) is 0 Å². The number of nitriles is 1. The number of benzene rings is 1. The SMILES string of the molecule is N#Cc1ccccc1NC(=O)C(=O)N1CCNCC1. The van der Waals surface area contributed by atoms with Crippen molar-refractivity contribution < 1.29 is 9.59 Å². The fourth-order valence-electron chi connectivity index (χ4n) is 1.88. The molecule has 19 heavy (non-hydrogen) atoms. The minimum Gasteiger partial charge on any atom is -0.332 e. The van der Waals surface area contributed by atoms with Crippen LogP contribution in [0.5, 0.6) is 0 Å². The summed E-state index contributed by atoms with van der Waals surface area (Å²) < 4.78 is 0. The number of carbonyl (C=O) groups excluding carboxylic acids is 2. The van der Waals surface area contributed by atoms with E-state index >= 15 is 0 Å². The number of para-hydroxylation sites is 1. The number of nitrogens with one attached hydrogen (secondary N) is 2. The summed E-state index contributed by atoms with van der Waals surface area (Å²) in [7, 11) is 0. The highest BCUT2D eigenvalue weighted by atomic mass is 16.2. The Morgan fingerprint density at radius 3 is 2.63 bits per heavy atom. The van der Waals surface area contributed by atoms with E-state index in [1.807, 2.05) is 6.07 Å².